The van der Waals surface area contributed by atoms with Crippen molar-refractivity contribution in [1.29, 1.82) is 0 Å². The van der Waals surface area contributed by atoms with Crippen molar-refractivity contribution in [3.8, 4) is 0 Å². The molecule has 1 unspecified atom stereocenters. The Morgan fingerprint density at radius 3 is 2.73 bits per heavy atom. The van der Waals surface area contributed by atoms with Crippen molar-refractivity contribution in [2.45, 2.75) is 26.9 Å². The van der Waals surface area contributed by atoms with Crippen LogP contribution < -0.4 is 0 Å². The fraction of sp³-hybridized carbons (Fsp3) is 0.364. The highest BCUT2D eigenvalue weighted by molar-refractivity contribution is 9.10. The second-order valence-corrected chi connectivity index (χ2v) is 4.71. The third-order valence-electron chi connectivity index (χ3n) is 2.49. The number of rotatable bonds is 1. The lowest BCUT2D eigenvalue weighted by Crippen LogP contribution is -1.99. The average Bonchev–Trinajstić information content (AvgIpc) is 2.41. The number of hydrogen-bond acceptors (Lipinski definition) is 2. The van der Waals surface area contributed by atoms with Crippen LogP contribution in [0.2, 0.25) is 0 Å². The molecule has 0 bridgehead atoms. The minimum Gasteiger partial charge on any atom is -0.387 e. The van der Waals surface area contributed by atoms with Crippen molar-refractivity contribution < 1.29 is 5.11 Å². The van der Waals surface area contributed by atoms with Gasteiger partial charge in [-0.3, -0.25) is 4.40 Å². The summed E-state index contributed by atoms with van der Waals surface area (Å²) >= 11 is 3.45. The van der Waals surface area contributed by atoms with E-state index in [1.54, 1.807) is 6.92 Å². The van der Waals surface area contributed by atoms with Gasteiger partial charge in [0, 0.05) is 10.7 Å². The van der Waals surface area contributed by atoms with Gasteiger partial charge in [0.15, 0.2) is 0 Å². The number of pyridine rings is 1. The molecule has 1 N–H and O–H groups in total. The maximum Gasteiger partial charge on any atom is 0.140 e. The largest absolute Gasteiger partial charge is 0.387 e. The van der Waals surface area contributed by atoms with Crippen LogP contribution in [0.5, 0.6) is 0 Å². The Morgan fingerprint density at radius 1 is 1.47 bits per heavy atom. The van der Waals surface area contributed by atoms with Crippen LogP contribution in [0.3, 0.4) is 0 Å². The molecule has 2 heterocycles. The zero-order valence-electron chi connectivity index (χ0n) is 8.95. The summed E-state index contributed by atoms with van der Waals surface area (Å²) < 4.78 is 2.94. The summed E-state index contributed by atoms with van der Waals surface area (Å²) in [6, 6.07) is 2.02. The first-order chi connectivity index (χ1) is 7.00. The van der Waals surface area contributed by atoms with E-state index in [0.717, 1.165) is 27.1 Å². The highest BCUT2D eigenvalue weighted by Crippen LogP contribution is 2.23. The second kappa shape index (κ2) is 3.61. The predicted molar refractivity (Wildman–Crippen MR) is 63.0 cm³/mol. The number of fused-ring (bicyclic) bond motifs is 1. The molecule has 0 spiro atoms. The minimum absolute atomic E-state index is 0.506. The Kier molecular flexibility index (Phi) is 2.56. The van der Waals surface area contributed by atoms with Gasteiger partial charge in [0.25, 0.3) is 0 Å². The van der Waals surface area contributed by atoms with Crippen LogP contribution in [0, 0.1) is 13.8 Å². The van der Waals surface area contributed by atoms with Gasteiger partial charge in [0.1, 0.15) is 5.65 Å². The summed E-state index contributed by atoms with van der Waals surface area (Å²) in [4.78, 5) is 4.46. The van der Waals surface area contributed by atoms with Crippen LogP contribution in [-0.4, -0.2) is 14.5 Å². The molecule has 0 aromatic carbocycles. The van der Waals surface area contributed by atoms with Crippen LogP contribution >= 0.6 is 15.9 Å². The summed E-state index contributed by atoms with van der Waals surface area (Å²) in [6.07, 6.45) is 1.43. The van der Waals surface area contributed by atoms with Gasteiger partial charge in [-0.1, -0.05) is 0 Å². The lowest BCUT2D eigenvalue weighted by atomic mass is 10.2. The SMILES string of the molecule is Cc1nc2c(C)cc(Br)cn2c1C(C)O. The van der Waals surface area contributed by atoms with Crippen LogP contribution in [0.4, 0.5) is 0 Å². The smallest absolute Gasteiger partial charge is 0.140 e. The van der Waals surface area contributed by atoms with Crippen LogP contribution in [-0.2, 0) is 0 Å². The van der Waals surface area contributed by atoms with E-state index in [2.05, 4.69) is 20.9 Å². The topological polar surface area (TPSA) is 37.5 Å². The van der Waals surface area contributed by atoms with Gasteiger partial charge in [0.2, 0.25) is 0 Å². The molecular formula is C11H13BrN2O. The molecule has 0 aliphatic rings. The molecule has 0 saturated carbocycles. The average molecular weight is 269 g/mol. The third-order valence-corrected chi connectivity index (χ3v) is 2.92. The van der Waals surface area contributed by atoms with Gasteiger partial charge in [-0.2, -0.15) is 0 Å². The molecule has 0 radical (unpaired) electrons. The summed E-state index contributed by atoms with van der Waals surface area (Å²) in [7, 11) is 0. The standard InChI is InChI=1S/C11H13BrN2O/c1-6-4-9(12)5-14-10(8(3)15)7(2)13-11(6)14/h4-5,8,15H,1-3H3. The monoisotopic (exact) mass is 268 g/mol. The molecule has 0 fully saturated rings. The van der Waals surface area contributed by atoms with Crippen LogP contribution in [0.1, 0.15) is 30.0 Å². The lowest BCUT2D eigenvalue weighted by Gasteiger charge is -2.07. The Balaban J connectivity index is 2.86. The number of halogens is 1. The van der Waals surface area contributed by atoms with E-state index in [1.807, 2.05) is 30.5 Å². The summed E-state index contributed by atoms with van der Waals surface area (Å²) in [5.74, 6) is 0. The molecule has 4 heteroatoms. The summed E-state index contributed by atoms with van der Waals surface area (Å²) in [5, 5.41) is 9.70. The molecule has 0 aliphatic heterocycles. The van der Waals surface area contributed by atoms with Crippen LogP contribution in [0.15, 0.2) is 16.7 Å². The first kappa shape index (κ1) is 10.6. The molecule has 0 amide bonds. The molecule has 1 atom stereocenters. The van der Waals surface area contributed by atoms with Crippen LogP contribution in [0.25, 0.3) is 5.65 Å². The number of aliphatic hydroxyl groups is 1. The number of aryl methyl sites for hydroxylation is 2. The molecule has 2 rings (SSSR count). The van der Waals surface area contributed by atoms with Gasteiger partial charge < -0.3 is 5.11 Å². The van der Waals surface area contributed by atoms with Crippen molar-refractivity contribution in [1.82, 2.24) is 9.38 Å². The Labute approximate surface area is 96.9 Å². The van der Waals surface area contributed by atoms with Crippen molar-refractivity contribution in [3.63, 3.8) is 0 Å². The van der Waals surface area contributed by atoms with Gasteiger partial charge in [-0.25, -0.2) is 4.98 Å². The maximum atomic E-state index is 9.70. The highest BCUT2D eigenvalue weighted by atomic mass is 79.9. The van der Waals surface area contributed by atoms with E-state index in [4.69, 9.17) is 0 Å². The van der Waals surface area contributed by atoms with E-state index < -0.39 is 6.10 Å². The molecule has 2 aromatic heterocycles. The van der Waals surface area contributed by atoms with E-state index in [-0.39, 0.29) is 0 Å². The van der Waals surface area contributed by atoms with Crippen molar-refractivity contribution in [2.24, 2.45) is 0 Å². The van der Waals surface area contributed by atoms with Gasteiger partial charge in [0.05, 0.1) is 17.5 Å². The van der Waals surface area contributed by atoms with Gasteiger partial charge in [-0.05, 0) is 48.3 Å². The zero-order valence-corrected chi connectivity index (χ0v) is 10.5. The molecule has 80 valence electrons. The molecule has 0 aliphatic carbocycles. The maximum absolute atomic E-state index is 9.70. The number of nitrogens with zero attached hydrogens (tertiary/aromatic N) is 2. The van der Waals surface area contributed by atoms with E-state index in [1.165, 1.54) is 0 Å². The van der Waals surface area contributed by atoms with E-state index in [0.29, 0.717) is 0 Å². The predicted octanol–water partition coefficient (Wildman–Crippen LogP) is 2.77. The number of imidazole rings is 1. The van der Waals surface area contributed by atoms with E-state index in [9.17, 15) is 5.11 Å². The molecular weight excluding hydrogens is 256 g/mol. The third kappa shape index (κ3) is 1.68. The van der Waals surface area contributed by atoms with Gasteiger partial charge >= 0.3 is 0 Å². The van der Waals surface area contributed by atoms with Crippen molar-refractivity contribution >= 4 is 21.6 Å². The van der Waals surface area contributed by atoms with Crippen molar-refractivity contribution in [3.05, 3.63) is 33.7 Å². The molecule has 3 nitrogen and oxygen atoms in total. The highest BCUT2D eigenvalue weighted by Gasteiger charge is 2.14. The first-order valence-corrected chi connectivity index (χ1v) is 5.62. The number of aliphatic hydroxyl groups excluding tert-OH is 1. The lowest BCUT2D eigenvalue weighted by molar-refractivity contribution is 0.192. The summed E-state index contributed by atoms with van der Waals surface area (Å²) in [5.41, 5.74) is 3.74. The van der Waals surface area contributed by atoms with E-state index >= 15 is 0 Å². The first-order valence-electron chi connectivity index (χ1n) is 4.83. The normalized spacial score (nSPS) is 13.4. The number of aromatic nitrogens is 2. The molecule has 2 aromatic rings. The quantitative estimate of drug-likeness (QED) is 0.864. The molecule has 15 heavy (non-hydrogen) atoms. The van der Waals surface area contributed by atoms with Gasteiger partial charge in [-0.15, -0.1) is 0 Å². The fourth-order valence-corrected chi connectivity index (χ4v) is 2.45. The minimum atomic E-state index is -0.506. The molecule has 0 saturated heterocycles. The summed E-state index contributed by atoms with van der Waals surface area (Å²) in [6.45, 7) is 5.69. The number of hydrogen-bond donors (Lipinski definition) is 1. The van der Waals surface area contributed by atoms with Crippen molar-refractivity contribution in [2.75, 3.05) is 0 Å². The zero-order chi connectivity index (χ0) is 11.2. The fourth-order valence-electron chi connectivity index (χ4n) is 1.90. The Morgan fingerprint density at radius 2 is 2.13 bits per heavy atom. The Hall–Kier alpha value is -0.870. The second-order valence-electron chi connectivity index (χ2n) is 3.79. The Bertz CT molecular complexity index is 517.